The van der Waals surface area contributed by atoms with Gasteiger partial charge < -0.3 is 9.63 Å². The average Bonchev–Trinajstić information content (AvgIpc) is 2.99. The minimum Gasteiger partial charge on any atom is -0.481 e. The molecule has 1 aromatic carbocycles. The van der Waals surface area contributed by atoms with E-state index in [-0.39, 0.29) is 6.42 Å². The van der Waals surface area contributed by atoms with Crippen LogP contribution in [0.2, 0.25) is 0 Å². The molecular weight excluding hydrogens is 410 g/mol. The smallest absolute Gasteiger partial charge is 0.303 e. The number of aryl methyl sites for hydroxylation is 1. The zero-order valence-electron chi connectivity index (χ0n) is 18.6. The lowest BCUT2D eigenvalue weighted by molar-refractivity contribution is -0.137. The van der Waals surface area contributed by atoms with Crippen molar-refractivity contribution in [1.82, 2.24) is 0 Å². The third kappa shape index (κ3) is 9.17. The summed E-state index contributed by atoms with van der Waals surface area (Å²) in [7, 11) is 3.20. The summed E-state index contributed by atoms with van der Waals surface area (Å²) in [6.45, 7) is 4.84. The maximum atomic E-state index is 10.6. The Balaban J connectivity index is 1.82. The van der Waals surface area contributed by atoms with Gasteiger partial charge in [-0.15, -0.1) is 0 Å². The van der Waals surface area contributed by atoms with E-state index in [0.29, 0.717) is 14.6 Å². The molecule has 1 N–H and O–H groups in total. The molecule has 30 heavy (non-hydrogen) atoms. The first kappa shape index (κ1) is 25.5. The Kier molecular flexibility index (Phi) is 12.2. The number of allylic oxidation sites excluding steroid dienone is 2. The molecule has 0 bridgehead atoms. The highest BCUT2D eigenvalue weighted by atomic mass is 32.0. The molecule has 1 fully saturated rings. The first-order valence-corrected chi connectivity index (χ1v) is 14.2. The van der Waals surface area contributed by atoms with Gasteiger partial charge in [-0.2, -0.15) is 0 Å². The van der Waals surface area contributed by atoms with Crippen molar-refractivity contribution in [3.8, 4) is 0 Å². The summed E-state index contributed by atoms with van der Waals surface area (Å²) in [5.74, 6) is 2.35. The summed E-state index contributed by atoms with van der Waals surface area (Å²) in [6, 6.07) is 10.7. The van der Waals surface area contributed by atoms with E-state index in [1.165, 1.54) is 18.4 Å². The van der Waals surface area contributed by atoms with E-state index in [4.69, 9.17) is 9.63 Å². The summed E-state index contributed by atoms with van der Waals surface area (Å²) >= 11 is 0. The van der Waals surface area contributed by atoms with Crippen LogP contribution in [0, 0.1) is 23.7 Å². The van der Waals surface area contributed by atoms with Crippen LogP contribution < -0.4 is 0 Å². The second kappa shape index (κ2) is 14.3. The van der Waals surface area contributed by atoms with Gasteiger partial charge in [-0.3, -0.25) is 4.79 Å². The second-order valence-electron chi connectivity index (χ2n) is 8.97. The van der Waals surface area contributed by atoms with E-state index in [1.54, 1.807) is 0 Å². The van der Waals surface area contributed by atoms with Crippen LogP contribution >= 0.6 is 17.4 Å². The lowest BCUT2D eigenvalue weighted by Crippen LogP contribution is -2.19. The predicted octanol–water partition coefficient (Wildman–Crippen LogP) is 7.28. The van der Waals surface area contributed by atoms with Gasteiger partial charge in [-0.1, -0.05) is 65.3 Å². The Labute approximate surface area is 187 Å². The minimum atomic E-state index is -0.697. The highest BCUT2D eigenvalue weighted by Crippen LogP contribution is 2.46. The minimum absolute atomic E-state index is 0.268. The van der Waals surface area contributed by atoms with Crippen LogP contribution in [-0.4, -0.2) is 17.2 Å². The summed E-state index contributed by atoms with van der Waals surface area (Å²) in [6.07, 6.45) is 13.7. The van der Waals surface area contributed by atoms with Crippen molar-refractivity contribution in [2.24, 2.45) is 23.7 Å². The number of rotatable bonds is 14. The monoisotopic (exact) mass is 450 g/mol. The molecule has 168 valence electrons. The quantitative estimate of drug-likeness (QED) is 0.184. The first-order valence-electron chi connectivity index (χ1n) is 11.5. The van der Waals surface area contributed by atoms with Crippen LogP contribution in [0.3, 0.4) is 0 Å². The number of carboxylic acid groups (broad SMARTS) is 1. The van der Waals surface area contributed by atoms with Gasteiger partial charge in [-0.25, -0.2) is 0 Å². The van der Waals surface area contributed by atoms with Gasteiger partial charge in [0.05, 0.1) is 6.10 Å². The molecule has 0 aliphatic heterocycles. The van der Waals surface area contributed by atoms with Crippen molar-refractivity contribution in [3.05, 3.63) is 48.0 Å². The van der Waals surface area contributed by atoms with Gasteiger partial charge >= 0.3 is 5.97 Å². The SMILES string of the molecule is C[C@@H]1C[C@H](C)[C@H](C/C=C\CCCC(=O)O)[C@H]1CC[C@H](CCc1ccccc1)OPP. The highest BCUT2D eigenvalue weighted by Gasteiger charge is 2.37. The van der Waals surface area contributed by atoms with Crippen molar-refractivity contribution >= 4 is 23.4 Å². The molecular formula is C25H40O3P2. The van der Waals surface area contributed by atoms with Crippen LogP contribution in [0.25, 0.3) is 0 Å². The topological polar surface area (TPSA) is 46.5 Å². The normalized spacial score (nSPS) is 25.4. The number of aliphatic carboxylic acids is 1. The fourth-order valence-electron chi connectivity index (χ4n) is 5.14. The number of carboxylic acids is 1. The molecule has 5 heteroatoms. The van der Waals surface area contributed by atoms with Crippen LogP contribution in [-0.2, 0) is 15.7 Å². The van der Waals surface area contributed by atoms with Gasteiger partial charge in [0.2, 0.25) is 0 Å². The number of carbonyl (C=O) groups is 1. The van der Waals surface area contributed by atoms with Crippen LogP contribution in [0.1, 0.15) is 70.8 Å². The average molecular weight is 451 g/mol. The van der Waals surface area contributed by atoms with Gasteiger partial charge in [0, 0.05) is 14.9 Å². The Morgan fingerprint density at radius 1 is 1.20 bits per heavy atom. The van der Waals surface area contributed by atoms with Crippen LogP contribution in [0.4, 0.5) is 0 Å². The molecule has 1 saturated carbocycles. The van der Waals surface area contributed by atoms with E-state index in [1.807, 2.05) is 0 Å². The number of hydrogen-bond donors (Lipinski definition) is 1. The lowest BCUT2D eigenvalue weighted by atomic mass is 9.81. The van der Waals surface area contributed by atoms with Crippen molar-refractivity contribution in [3.63, 3.8) is 0 Å². The molecule has 0 amide bonds. The Morgan fingerprint density at radius 2 is 1.93 bits per heavy atom. The predicted molar refractivity (Wildman–Crippen MR) is 132 cm³/mol. The molecule has 1 aliphatic rings. The fourth-order valence-corrected chi connectivity index (χ4v) is 6.14. The van der Waals surface area contributed by atoms with Crippen LogP contribution in [0.5, 0.6) is 0 Å². The number of unbranched alkanes of at least 4 members (excludes halogenated alkanes) is 1. The molecule has 0 spiro atoms. The first-order chi connectivity index (χ1) is 14.5. The summed E-state index contributed by atoms with van der Waals surface area (Å²) in [5.41, 5.74) is 1.40. The maximum absolute atomic E-state index is 10.6. The van der Waals surface area contributed by atoms with E-state index in [0.717, 1.165) is 62.2 Å². The molecule has 0 aromatic heterocycles. The summed E-state index contributed by atoms with van der Waals surface area (Å²) in [4.78, 5) is 10.6. The van der Waals surface area contributed by atoms with Gasteiger partial charge in [0.25, 0.3) is 0 Å². The number of hydrogen-bond acceptors (Lipinski definition) is 2. The van der Waals surface area contributed by atoms with E-state index in [9.17, 15) is 4.79 Å². The second-order valence-corrected chi connectivity index (χ2v) is 10.1. The van der Waals surface area contributed by atoms with E-state index in [2.05, 4.69) is 65.3 Å². The summed E-state index contributed by atoms with van der Waals surface area (Å²) in [5, 5.41) is 8.75. The van der Waals surface area contributed by atoms with Crippen molar-refractivity contribution in [2.45, 2.75) is 77.7 Å². The van der Waals surface area contributed by atoms with Gasteiger partial charge in [0.15, 0.2) is 0 Å². The fraction of sp³-hybridized carbons (Fsp3) is 0.640. The van der Waals surface area contributed by atoms with Crippen molar-refractivity contribution in [1.29, 1.82) is 0 Å². The van der Waals surface area contributed by atoms with Gasteiger partial charge in [-0.05, 0) is 80.6 Å². The molecule has 1 aliphatic carbocycles. The van der Waals surface area contributed by atoms with E-state index >= 15 is 0 Å². The molecule has 7 atom stereocenters. The molecule has 2 unspecified atom stereocenters. The number of benzene rings is 1. The maximum Gasteiger partial charge on any atom is 0.303 e. The molecule has 3 nitrogen and oxygen atoms in total. The highest BCUT2D eigenvalue weighted by molar-refractivity contribution is 8.00. The molecule has 1 aromatic rings. The Hall–Kier alpha value is -0.750. The Bertz CT molecular complexity index is 635. The van der Waals surface area contributed by atoms with Gasteiger partial charge in [0.1, 0.15) is 0 Å². The molecule has 0 heterocycles. The van der Waals surface area contributed by atoms with Crippen molar-refractivity contribution in [2.75, 3.05) is 0 Å². The zero-order valence-corrected chi connectivity index (χ0v) is 20.8. The lowest BCUT2D eigenvalue weighted by Gasteiger charge is -2.26. The third-order valence-corrected chi connectivity index (χ3v) is 7.62. The molecule has 0 saturated heterocycles. The standard InChI is InChI=1S/C25H40O3P2/c1-19-18-20(2)24(23(19)12-8-3-4-9-13-25(26)27)17-16-22(28-30-29)15-14-21-10-6-5-7-11-21/h3,5-8,10-11,19-20,22-24,30H,4,9,12-18,29H2,1-2H3,(H,26,27)/b8-3-/t19-,20+,22-,23-,24-/m0/s1. The van der Waals surface area contributed by atoms with Crippen molar-refractivity contribution < 1.29 is 14.4 Å². The molecule has 0 radical (unpaired) electrons. The summed E-state index contributed by atoms with van der Waals surface area (Å²) < 4.78 is 6.09. The third-order valence-electron chi connectivity index (χ3n) is 6.75. The van der Waals surface area contributed by atoms with Crippen LogP contribution in [0.15, 0.2) is 42.5 Å². The zero-order chi connectivity index (χ0) is 21.8. The molecule has 2 rings (SSSR count). The van der Waals surface area contributed by atoms with E-state index < -0.39 is 5.97 Å². The largest absolute Gasteiger partial charge is 0.481 e. The Morgan fingerprint density at radius 3 is 2.63 bits per heavy atom.